The molecule has 0 spiro atoms. The Balaban J connectivity index is 1.46. The van der Waals surface area contributed by atoms with Crippen molar-refractivity contribution in [3.63, 3.8) is 0 Å². The molecule has 2 amide bonds. The zero-order valence-corrected chi connectivity index (χ0v) is 15.6. The lowest BCUT2D eigenvalue weighted by Crippen LogP contribution is -2.38. The second-order valence-electron chi connectivity index (χ2n) is 7.95. The maximum Gasteiger partial charge on any atom is 0.222 e. The van der Waals surface area contributed by atoms with Crippen LogP contribution in [0, 0.1) is 5.41 Å². The Morgan fingerprint density at radius 2 is 1.77 bits per heavy atom. The average Bonchev–Trinajstić information content (AvgIpc) is 3.06. The minimum atomic E-state index is 0.00839. The van der Waals surface area contributed by atoms with Gasteiger partial charge < -0.3 is 16.0 Å². The predicted molar refractivity (Wildman–Crippen MR) is 102 cm³/mol. The number of carbonyl (C=O) groups is 2. The van der Waals surface area contributed by atoms with Crippen molar-refractivity contribution in [3.8, 4) is 0 Å². The first-order valence-electron chi connectivity index (χ1n) is 9.93. The van der Waals surface area contributed by atoms with Crippen molar-refractivity contribution in [1.29, 1.82) is 0 Å². The monoisotopic (exact) mass is 357 g/mol. The van der Waals surface area contributed by atoms with E-state index >= 15 is 0 Å². The molecular weight excluding hydrogens is 326 g/mol. The fourth-order valence-electron chi connectivity index (χ4n) is 4.21. The Morgan fingerprint density at radius 3 is 2.38 bits per heavy atom. The standard InChI is InChI=1S/C21H31N3O2/c22-16-21(10-2-1-3-11-21)13-19(25)23-14-17-6-8-18(9-7-17)15-24-12-4-5-20(24)26/h6-9H,1-5,10-16,22H2,(H,23,25). The van der Waals surface area contributed by atoms with Crippen LogP contribution in [0.4, 0.5) is 0 Å². The van der Waals surface area contributed by atoms with Gasteiger partial charge in [-0.25, -0.2) is 0 Å². The average molecular weight is 357 g/mol. The number of nitrogens with one attached hydrogen (secondary N) is 1. The van der Waals surface area contributed by atoms with E-state index in [9.17, 15) is 9.59 Å². The molecule has 5 nitrogen and oxygen atoms in total. The summed E-state index contributed by atoms with van der Waals surface area (Å²) in [4.78, 5) is 26.0. The lowest BCUT2D eigenvalue weighted by molar-refractivity contribution is -0.128. The Hall–Kier alpha value is -1.88. The Kier molecular flexibility index (Phi) is 6.30. The second-order valence-corrected chi connectivity index (χ2v) is 7.95. The van der Waals surface area contributed by atoms with Gasteiger partial charge in [-0.2, -0.15) is 0 Å². The van der Waals surface area contributed by atoms with Gasteiger partial charge in [0, 0.05) is 32.5 Å². The van der Waals surface area contributed by atoms with Crippen LogP contribution < -0.4 is 11.1 Å². The van der Waals surface area contributed by atoms with Crippen molar-refractivity contribution in [1.82, 2.24) is 10.2 Å². The first-order valence-corrected chi connectivity index (χ1v) is 9.93. The van der Waals surface area contributed by atoms with Gasteiger partial charge in [-0.15, -0.1) is 0 Å². The second kappa shape index (κ2) is 8.67. The van der Waals surface area contributed by atoms with Crippen molar-refractivity contribution in [2.45, 2.75) is 64.5 Å². The van der Waals surface area contributed by atoms with Crippen LogP contribution in [0.5, 0.6) is 0 Å². The molecule has 0 unspecified atom stereocenters. The summed E-state index contributed by atoms with van der Waals surface area (Å²) in [5, 5.41) is 3.05. The van der Waals surface area contributed by atoms with Crippen LogP contribution in [-0.2, 0) is 22.7 Å². The normalized spacial score (nSPS) is 19.6. The van der Waals surface area contributed by atoms with Crippen molar-refractivity contribution >= 4 is 11.8 Å². The zero-order valence-electron chi connectivity index (χ0n) is 15.6. The van der Waals surface area contributed by atoms with Gasteiger partial charge in [-0.1, -0.05) is 43.5 Å². The summed E-state index contributed by atoms with van der Waals surface area (Å²) in [6.07, 6.45) is 7.96. The fraction of sp³-hybridized carbons (Fsp3) is 0.619. The molecule has 1 saturated heterocycles. The van der Waals surface area contributed by atoms with Crippen LogP contribution in [0.1, 0.15) is 62.5 Å². The van der Waals surface area contributed by atoms with E-state index in [4.69, 9.17) is 5.73 Å². The van der Waals surface area contributed by atoms with Crippen LogP contribution in [0.25, 0.3) is 0 Å². The molecule has 0 atom stereocenters. The lowest BCUT2D eigenvalue weighted by Gasteiger charge is -2.35. The first-order chi connectivity index (χ1) is 12.6. The minimum Gasteiger partial charge on any atom is -0.352 e. The van der Waals surface area contributed by atoms with Crippen molar-refractivity contribution in [3.05, 3.63) is 35.4 Å². The third-order valence-electron chi connectivity index (χ3n) is 5.94. The molecule has 2 fully saturated rings. The molecule has 0 bridgehead atoms. The van der Waals surface area contributed by atoms with Gasteiger partial charge in [-0.3, -0.25) is 9.59 Å². The third-order valence-corrected chi connectivity index (χ3v) is 5.94. The SMILES string of the molecule is NCC1(CC(=O)NCc2ccc(CN3CCCC3=O)cc2)CCCCC1. The van der Waals surface area contributed by atoms with Gasteiger partial charge in [0.15, 0.2) is 0 Å². The molecule has 2 aliphatic rings. The van der Waals surface area contributed by atoms with E-state index in [0.717, 1.165) is 36.9 Å². The highest BCUT2D eigenvalue weighted by Crippen LogP contribution is 2.38. The van der Waals surface area contributed by atoms with Crippen LogP contribution in [0.15, 0.2) is 24.3 Å². The zero-order chi connectivity index (χ0) is 18.4. The number of amides is 2. The number of rotatable bonds is 7. The first kappa shape index (κ1) is 18.9. The van der Waals surface area contributed by atoms with Crippen molar-refractivity contribution in [2.75, 3.05) is 13.1 Å². The quantitative estimate of drug-likeness (QED) is 0.788. The third kappa shape index (κ3) is 4.85. The van der Waals surface area contributed by atoms with Gasteiger partial charge in [0.05, 0.1) is 0 Å². The summed E-state index contributed by atoms with van der Waals surface area (Å²) in [6, 6.07) is 8.18. The van der Waals surface area contributed by atoms with Crippen LogP contribution >= 0.6 is 0 Å². The van der Waals surface area contributed by atoms with Gasteiger partial charge in [-0.05, 0) is 42.3 Å². The van der Waals surface area contributed by atoms with Gasteiger partial charge >= 0.3 is 0 Å². The molecule has 26 heavy (non-hydrogen) atoms. The highest BCUT2D eigenvalue weighted by molar-refractivity contribution is 5.78. The van der Waals surface area contributed by atoms with Gasteiger partial charge in [0.25, 0.3) is 0 Å². The number of hydrogen-bond acceptors (Lipinski definition) is 3. The summed E-state index contributed by atoms with van der Waals surface area (Å²) in [6.45, 7) is 2.69. The van der Waals surface area contributed by atoms with Crippen molar-refractivity contribution < 1.29 is 9.59 Å². The lowest BCUT2D eigenvalue weighted by atomic mass is 9.71. The molecule has 1 saturated carbocycles. The number of nitrogens with two attached hydrogens (primary N) is 1. The molecule has 1 aliphatic heterocycles. The predicted octanol–water partition coefficient (Wildman–Crippen LogP) is 2.72. The van der Waals surface area contributed by atoms with E-state index < -0.39 is 0 Å². The topological polar surface area (TPSA) is 75.4 Å². The molecule has 1 aromatic carbocycles. The molecule has 0 aromatic heterocycles. The van der Waals surface area contributed by atoms with Gasteiger partial charge in [0.1, 0.15) is 0 Å². The van der Waals surface area contributed by atoms with E-state index in [1.807, 2.05) is 17.0 Å². The Morgan fingerprint density at radius 1 is 1.08 bits per heavy atom. The number of nitrogens with zero attached hydrogens (tertiary/aromatic N) is 1. The van der Waals surface area contributed by atoms with E-state index in [2.05, 4.69) is 17.4 Å². The largest absolute Gasteiger partial charge is 0.352 e. The fourth-order valence-corrected chi connectivity index (χ4v) is 4.21. The minimum absolute atomic E-state index is 0.00839. The highest BCUT2D eigenvalue weighted by atomic mass is 16.2. The van der Waals surface area contributed by atoms with Crippen LogP contribution in [0.3, 0.4) is 0 Å². The molecule has 0 radical (unpaired) electrons. The van der Waals surface area contributed by atoms with E-state index in [1.165, 1.54) is 19.3 Å². The molecule has 1 heterocycles. The summed E-state index contributed by atoms with van der Waals surface area (Å²) in [7, 11) is 0. The van der Waals surface area contributed by atoms with Crippen LogP contribution in [-0.4, -0.2) is 29.8 Å². The van der Waals surface area contributed by atoms with E-state index in [-0.39, 0.29) is 17.2 Å². The molecular formula is C21H31N3O2. The number of benzene rings is 1. The number of hydrogen-bond donors (Lipinski definition) is 2. The molecule has 3 N–H and O–H groups in total. The Labute approximate surface area is 156 Å². The molecule has 1 aromatic rings. The number of carbonyl (C=O) groups excluding carboxylic acids is 2. The van der Waals surface area contributed by atoms with E-state index in [1.54, 1.807) is 0 Å². The maximum atomic E-state index is 12.4. The molecule has 142 valence electrons. The molecule has 1 aliphatic carbocycles. The smallest absolute Gasteiger partial charge is 0.222 e. The highest BCUT2D eigenvalue weighted by Gasteiger charge is 2.32. The van der Waals surface area contributed by atoms with Crippen LogP contribution in [0.2, 0.25) is 0 Å². The Bertz CT molecular complexity index is 621. The van der Waals surface area contributed by atoms with Crippen molar-refractivity contribution in [2.24, 2.45) is 11.1 Å². The number of likely N-dealkylation sites (tertiary alicyclic amines) is 1. The van der Waals surface area contributed by atoms with E-state index in [0.29, 0.717) is 32.5 Å². The maximum absolute atomic E-state index is 12.4. The van der Waals surface area contributed by atoms with Gasteiger partial charge in [0.2, 0.25) is 11.8 Å². The summed E-state index contributed by atoms with van der Waals surface area (Å²) in [5.74, 6) is 0.349. The summed E-state index contributed by atoms with van der Waals surface area (Å²) < 4.78 is 0. The summed E-state index contributed by atoms with van der Waals surface area (Å²) in [5.41, 5.74) is 8.21. The molecule has 3 rings (SSSR count). The molecule has 5 heteroatoms. The summed E-state index contributed by atoms with van der Waals surface area (Å²) >= 11 is 0.